The predicted octanol–water partition coefficient (Wildman–Crippen LogP) is 4.91. The number of nitrogens with zero attached hydrogens (tertiary/aromatic N) is 2. The van der Waals surface area contributed by atoms with Crippen molar-refractivity contribution in [3.63, 3.8) is 0 Å². The highest BCUT2D eigenvalue weighted by Gasteiger charge is 2.32. The first-order valence-corrected chi connectivity index (χ1v) is 10.2. The molecule has 2 aromatic carbocycles. The molecule has 3 aromatic rings. The largest absolute Gasteiger partial charge is 0.421 e. The summed E-state index contributed by atoms with van der Waals surface area (Å²) < 4.78 is 5.73. The second-order valence-electron chi connectivity index (χ2n) is 8.50. The summed E-state index contributed by atoms with van der Waals surface area (Å²) in [6.07, 6.45) is 2.77. The topological polar surface area (TPSA) is 68.0 Å². The van der Waals surface area contributed by atoms with Crippen LogP contribution in [0.5, 0.6) is 0 Å². The number of hydrogen-bond donors (Lipinski definition) is 1. The summed E-state index contributed by atoms with van der Waals surface area (Å²) in [6.45, 7) is 6.57. The van der Waals surface area contributed by atoms with E-state index in [1.165, 1.54) is 16.7 Å². The molecule has 150 valence electrons. The van der Waals surface area contributed by atoms with Gasteiger partial charge >= 0.3 is 0 Å². The lowest BCUT2D eigenvalue weighted by molar-refractivity contribution is -0.122. The minimum absolute atomic E-state index is 0.0135. The Balaban J connectivity index is 1.37. The highest BCUT2D eigenvalue weighted by Crippen LogP contribution is 2.41. The fraction of sp³-hybridized carbons (Fsp3) is 0.375. The lowest BCUT2D eigenvalue weighted by Crippen LogP contribution is -2.35. The molecule has 1 amide bonds. The molecule has 5 heteroatoms. The molecular weight excluding hydrogens is 362 g/mol. The maximum atomic E-state index is 12.6. The van der Waals surface area contributed by atoms with E-state index in [-0.39, 0.29) is 17.4 Å². The number of nitrogens with one attached hydrogen (secondary N) is 1. The molecule has 0 saturated heterocycles. The van der Waals surface area contributed by atoms with E-state index in [0.29, 0.717) is 24.6 Å². The van der Waals surface area contributed by atoms with Crippen LogP contribution in [0.2, 0.25) is 0 Å². The minimum atomic E-state index is 0.0135. The van der Waals surface area contributed by atoms with Gasteiger partial charge in [-0.1, -0.05) is 55.8 Å². The highest BCUT2D eigenvalue weighted by atomic mass is 16.4. The van der Waals surface area contributed by atoms with E-state index in [4.69, 9.17) is 4.42 Å². The van der Waals surface area contributed by atoms with E-state index >= 15 is 0 Å². The van der Waals surface area contributed by atoms with Crippen molar-refractivity contribution in [3.05, 3.63) is 71.1 Å². The van der Waals surface area contributed by atoms with E-state index in [0.717, 1.165) is 18.4 Å². The summed E-state index contributed by atoms with van der Waals surface area (Å²) in [5, 5.41) is 11.4. The smallest absolute Gasteiger partial charge is 0.247 e. The zero-order valence-corrected chi connectivity index (χ0v) is 17.2. The van der Waals surface area contributed by atoms with Crippen molar-refractivity contribution in [2.45, 2.75) is 57.9 Å². The van der Waals surface area contributed by atoms with Crippen molar-refractivity contribution in [2.75, 3.05) is 0 Å². The number of carbonyl (C=O) groups is 1. The number of fused-ring (bicyclic) bond motifs is 1. The van der Waals surface area contributed by atoms with Gasteiger partial charge in [0, 0.05) is 18.4 Å². The van der Waals surface area contributed by atoms with Crippen LogP contribution in [-0.2, 0) is 16.6 Å². The standard InChI is InChI=1S/C24H27N3O2/c1-16-8-10-17(11-9-16)23-27-26-22(29-23)13-12-21(28)25-20-14-15-24(2,3)19-7-5-4-6-18(19)20/h4-11,20H,12-15H2,1-3H3,(H,25,28). The SMILES string of the molecule is Cc1ccc(-c2nnc(CCC(=O)NC3CCC(C)(C)c4ccccc43)o2)cc1. The summed E-state index contributed by atoms with van der Waals surface area (Å²) in [5.41, 5.74) is 4.78. The van der Waals surface area contributed by atoms with Crippen molar-refractivity contribution in [3.8, 4) is 11.5 Å². The Morgan fingerprint density at radius 2 is 1.90 bits per heavy atom. The van der Waals surface area contributed by atoms with Crippen LogP contribution in [0, 0.1) is 6.92 Å². The highest BCUT2D eigenvalue weighted by molar-refractivity contribution is 5.76. The molecule has 0 radical (unpaired) electrons. The molecule has 0 spiro atoms. The molecule has 1 N–H and O–H groups in total. The summed E-state index contributed by atoms with van der Waals surface area (Å²) >= 11 is 0. The Labute approximate surface area is 171 Å². The maximum absolute atomic E-state index is 12.6. The van der Waals surface area contributed by atoms with Crippen LogP contribution in [-0.4, -0.2) is 16.1 Å². The van der Waals surface area contributed by atoms with Gasteiger partial charge in [0.1, 0.15) is 0 Å². The Morgan fingerprint density at radius 1 is 1.14 bits per heavy atom. The van der Waals surface area contributed by atoms with Crippen molar-refractivity contribution < 1.29 is 9.21 Å². The zero-order chi connectivity index (χ0) is 20.4. The van der Waals surface area contributed by atoms with Crippen molar-refractivity contribution >= 4 is 5.91 Å². The van der Waals surface area contributed by atoms with Gasteiger partial charge in [-0.3, -0.25) is 4.79 Å². The quantitative estimate of drug-likeness (QED) is 0.673. The Bertz CT molecular complexity index is 1000. The molecule has 1 aliphatic rings. The third-order valence-electron chi connectivity index (χ3n) is 5.79. The lowest BCUT2D eigenvalue weighted by Gasteiger charge is -2.37. The maximum Gasteiger partial charge on any atom is 0.247 e. The minimum Gasteiger partial charge on any atom is -0.421 e. The van der Waals surface area contributed by atoms with Gasteiger partial charge in [0.25, 0.3) is 0 Å². The normalized spacial score (nSPS) is 17.6. The van der Waals surface area contributed by atoms with Gasteiger partial charge in [-0.2, -0.15) is 0 Å². The fourth-order valence-electron chi connectivity index (χ4n) is 4.02. The van der Waals surface area contributed by atoms with E-state index in [1.807, 2.05) is 37.3 Å². The molecular formula is C24H27N3O2. The Hall–Kier alpha value is -2.95. The number of carbonyl (C=O) groups excluding carboxylic acids is 1. The first-order chi connectivity index (χ1) is 13.9. The van der Waals surface area contributed by atoms with Crippen molar-refractivity contribution in [1.29, 1.82) is 0 Å². The summed E-state index contributed by atoms with van der Waals surface area (Å²) in [5.74, 6) is 0.990. The molecule has 0 saturated carbocycles. The molecule has 29 heavy (non-hydrogen) atoms. The van der Waals surface area contributed by atoms with Crippen LogP contribution in [0.4, 0.5) is 0 Å². The number of amides is 1. The number of hydrogen-bond acceptors (Lipinski definition) is 4. The zero-order valence-electron chi connectivity index (χ0n) is 17.2. The average molecular weight is 389 g/mol. The summed E-state index contributed by atoms with van der Waals surface area (Å²) in [7, 11) is 0. The van der Waals surface area contributed by atoms with Crippen LogP contribution in [0.3, 0.4) is 0 Å². The second kappa shape index (κ2) is 7.82. The summed E-state index contributed by atoms with van der Waals surface area (Å²) in [6, 6.07) is 16.4. The van der Waals surface area contributed by atoms with Gasteiger partial charge in [-0.05, 0) is 48.4 Å². The van der Waals surface area contributed by atoms with Gasteiger partial charge in [0.15, 0.2) is 0 Å². The number of aromatic nitrogens is 2. The number of aryl methyl sites for hydroxylation is 2. The molecule has 1 atom stereocenters. The fourth-order valence-corrected chi connectivity index (χ4v) is 4.02. The second-order valence-corrected chi connectivity index (χ2v) is 8.50. The lowest BCUT2D eigenvalue weighted by atomic mass is 9.71. The molecule has 1 unspecified atom stereocenters. The number of rotatable bonds is 5. The molecule has 0 fully saturated rings. The first-order valence-electron chi connectivity index (χ1n) is 10.2. The Morgan fingerprint density at radius 3 is 2.69 bits per heavy atom. The van der Waals surface area contributed by atoms with E-state index in [1.54, 1.807) is 0 Å². The van der Waals surface area contributed by atoms with Crippen LogP contribution in [0.15, 0.2) is 52.9 Å². The third kappa shape index (κ3) is 4.24. The van der Waals surface area contributed by atoms with E-state index in [2.05, 4.69) is 47.6 Å². The molecule has 1 aliphatic carbocycles. The van der Waals surface area contributed by atoms with Gasteiger partial charge in [0.05, 0.1) is 6.04 Å². The molecule has 1 heterocycles. The van der Waals surface area contributed by atoms with Crippen LogP contribution < -0.4 is 5.32 Å². The van der Waals surface area contributed by atoms with E-state index < -0.39 is 0 Å². The summed E-state index contributed by atoms with van der Waals surface area (Å²) in [4.78, 5) is 12.6. The van der Waals surface area contributed by atoms with Gasteiger partial charge in [0.2, 0.25) is 17.7 Å². The van der Waals surface area contributed by atoms with Gasteiger partial charge < -0.3 is 9.73 Å². The molecule has 1 aromatic heterocycles. The predicted molar refractivity (Wildman–Crippen MR) is 112 cm³/mol. The monoisotopic (exact) mass is 389 g/mol. The average Bonchev–Trinajstić information content (AvgIpc) is 3.18. The van der Waals surface area contributed by atoms with Crippen LogP contribution in [0.25, 0.3) is 11.5 Å². The molecule has 4 rings (SSSR count). The first kappa shape index (κ1) is 19.4. The molecule has 0 aliphatic heterocycles. The van der Waals surface area contributed by atoms with Crippen molar-refractivity contribution in [1.82, 2.24) is 15.5 Å². The molecule has 0 bridgehead atoms. The van der Waals surface area contributed by atoms with Gasteiger partial charge in [-0.25, -0.2) is 0 Å². The van der Waals surface area contributed by atoms with Crippen LogP contribution >= 0.6 is 0 Å². The van der Waals surface area contributed by atoms with Gasteiger partial charge in [-0.15, -0.1) is 10.2 Å². The van der Waals surface area contributed by atoms with Crippen molar-refractivity contribution in [2.24, 2.45) is 0 Å². The third-order valence-corrected chi connectivity index (χ3v) is 5.79. The van der Waals surface area contributed by atoms with Crippen LogP contribution in [0.1, 0.15) is 61.7 Å². The van der Waals surface area contributed by atoms with E-state index in [9.17, 15) is 4.79 Å². The number of benzene rings is 2. The Kier molecular flexibility index (Phi) is 5.22. The molecule has 5 nitrogen and oxygen atoms in total.